The fourth-order valence-electron chi connectivity index (χ4n) is 1.34. The van der Waals surface area contributed by atoms with Gasteiger partial charge in [-0.25, -0.2) is 17.2 Å². The maximum absolute atomic E-state index is 13.5. The number of hydrogen-bond donors (Lipinski definition) is 2. The molecule has 100 valence electrons. The number of carbonyl (C=O) groups is 1. The normalized spacial score (nSPS) is 11.5. The van der Waals surface area contributed by atoms with Crippen molar-refractivity contribution in [2.75, 3.05) is 12.4 Å². The maximum Gasteiger partial charge on any atom is 0.222 e. The Morgan fingerprint density at radius 1 is 1.28 bits per heavy atom. The van der Waals surface area contributed by atoms with Crippen molar-refractivity contribution < 1.29 is 27.1 Å². The SMILES string of the molecule is NC(=O)Cc1c(F)cc(S(=O)(=O)CCO)cc1F. The molecule has 0 bridgehead atoms. The number of sulfone groups is 1. The summed E-state index contributed by atoms with van der Waals surface area (Å²) >= 11 is 0. The molecule has 8 heteroatoms. The van der Waals surface area contributed by atoms with Gasteiger partial charge in [0.2, 0.25) is 5.91 Å². The second-order valence-electron chi connectivity index (χ2n) is 3.55. The molecule has 0 fully saturated rings. The number of benzene rings is 1. The fourth-order valence-corrected chi connectivity index (χ4v) is 2.38. The van der Waals surface area contributed by atoms with Crippen LogP contribution in [0.1, 0.15) is 5.56 Å². The van der Waals surface area contributed by atoms with Crippen LogP contribution >= 0.6 is 0 Å². The Morgan fingerprint density at radius 2 is 1.78 bits per heavy atom. The van der Waals surface area contributed by atoms with Gasteiger partial charge in [-0.2, -0.15) is 0 Å². The molecule has 0 aromatic heterocycles. The molecule has 1 rings (SSSR count). The van der Waals surface area contributed by atoms with E-state index in [4.69, 9.17) is 10.8 Å². The van der Waals surface area contributed by atoms with Crippen LogP contribution in [0, 0.1) is 11.6 Å². The topological polar surface area (TPSA) is 97.5 Å². The van der Waals surface area contributed by atoms with Crippen LogP contribution in [0.2, 0.25) is 0 Å². The van der Waals surface area contributed by atoms with Crippen molar-refractivity contribution in [3.05, 3.63) is 29.3 Å². The molecule has 0 unspecified atom stereocenters. The number of aliphatic hydroxyl groups is 1. The van der Waals surface area contributed by atoms with Gasteiger partial charge in [-0.15, -0.1) is 0 Å². The van der Waals surface area contributed by atoms with Gasteiger partial charge in [0.15, 0.2) is 9.84 Å². The fraction of sp³-hybridized carbons (Fsp3) is 0.300. The highest BCUT2D eigenvalue weighted by Crippen LogP contribution is 2.20. The molecule has 0 spiro atoms. The summed E-state index contributed by atoms with van der Waals surface area (Å²) in [6.07, 6.45) is -0.655. The Balaban J connectivity index is 3.26. The Hall–Kier alpha value is -1.54. The summed E-state index contributed by atoms with van der Waals surface area (Å²) in [5, 5.41) is 8.55. The summed E-state index contributed by atoms with van der Waals surface area (Å²) in [5.41, 5.74) is 4.23. The standard InChI is InChI=1S/C10H11F2NO4S/c11-8-3-6(18(16,17)2-1-14)4-9(12)7(8)5-10(13)15/h3-4,14H,1-2,5H2,(H2,13,15). The number of nitrogens with two attached hydrogens (primary N) is 1. The van der Waals surface area contributed by atoms with E-state index >= 15 is 0 Å². The van der Waals surface area contributed by atoms with Crippen LogP contribution < -0.4 is 5.73 Å². The lowest BCUT2D eigenvalue weighted by molar-refractivity contribution is -0.117. The van der Waals surface area contributed by atoms with E-state index in [2.05, 4.69) is 0 Å². The zero-order chi connectivity index (χ0) is 13.9. The van der Waals surface area contributed by atoms with Crippen molar-refractivity contribution >= 4 is 15.7 Å². The molecule has 18 heavy (non-hydrogen) atoms. The number of amides is 1. The predicted molar refractivity (Wildman–Crippen MR) is 58.4 cm³/mol. The average molecular weight is 279 g/mol. The van der Waals surface area contributed by atoms with Crippen molar-refractivity contribution in [1.29, 1.82) is 0 Å². The summed E-state index contributed by atoms with van der Waals surface area (Å²) in [5.74, 6) is -3.89. The molecule has 1 aromatic carbocycles. The molecular formula is C10H11F2NO4S. The van der Waals surface area contributed by atoms with Crippen molar-refractivity contribution in [2.45, 2.75) is 11.3 Å². The Labute approximate surface area is 102 Å². The molecule has 3 N–H and O–H groups in total. The number of hydrogen-bond acceptors (Lipinski definition) is 4. The second kappa shape index (κ2) is 5.40. The van der Waals surface area contributed by atoms with Crippen molar-refractivity contribution in [2.24, 2.45) is 5.73 Å². The minimum absolute atomic E-state index is 0.578. The molecule has 0 saturated carbocycles. The van der Waals surface area contributed by atoms with E-state index in [-0.39, 0.29) is 0 Å². The van der Waals surface area contributed by atoms with Crippen LogP contribution in [0.4, 0.5) is 8.78 Å². The minimum atomic E-state index is -3.95. The average Bonchev–Trinajstić information content (AvgIpc) is 2.22. The van der Waals surface area contributed by atoms with E-state index in [9.17, 15) is 22.0 Å². The van der Waals surface area contributed by atoms with Crippen LogP contribution in [0.3, 0.4) is 0 Å². The monoisotopic (exact) mass is 279 g/mol. The summed E-state index contributed by atoms with van der Waals surface area (Å²) in [4.78, 5) is 10.0. The highest BCUT2D eigenvalue weighted by Gasteiger charge is 2.20. The van der Waals surface area contributed by atoms with Crippen molar-refractivity contribution in [3.63, 3.8) is 0 Å². The number of rotatable bonds is 5. The van der Waals surface area contributed by atoms with Crippen LogP contribution in [-0.4, -0.2) is 31.8 Å². The van der Waals surface area contributed by atoms with E-state index in [0.29, 0.717) is 12.1 Å². The van der Waals surface area contributed by atoms with Crippen LogP contribution in [-0.2, 0) is 21.1 Å². The molecule has 5 nitrogen and oxygen atoms in total. The largest absolute Gasteiger partial charge is 0.395 e. The smallest absolute Gasteiger partial charge is 0.222 e. The molecule has 0 atom stereocenters. The zero-order valence-electron chi connectivity index (χ0n) is 9.19. The molecule has 0 aliphatic rings. The predicted octanol–water partition coefficient (Wildman–Crippen LogP) is -0.241. The highest BCUT2D eigenvalue weighted by molar-refractivity contribution is 7.91. The molecule has 0 saturated heterocycles. The molecule has 1 amide bonds. The molecule has 0 heterocycles. The third-order valence-corrected chi connectivity index (χ3v) is 3.86. The van der Waals surface area contributed by atoms with Crippen molar-refractivity contribution in [1.82, 2.24) is 0 Å². The van der Waals surface area contributed by atoms with E-state index in [1.54, 1.807) is 0 Å². The Morgan fingerprint density at radius 3 is 2.17 bits per heavy atom. The number of aliphatic hydroxyl groups excluding tert-OH is 1. The van der Waals surface area contributed by atoms with Gasteiger partial charge in [0.05, 0.1) is 23.7 Å². The van der Waals surface area contributed by atoms with E-state index in [1.165, 1.54) is 0 Å². The first kappa shape index (κ1) is 14.5. The lowest BCUT2D eigenvalue weighted by atomic mass is 10.1. The Kier molecular flexibility index (Phi) is 4.36. The van der Waals surface area contributed by atoms with Gasteiger partial charge < -0.3 is 10.8 Å². The van der Waals surface area contributed by atoms with Gasteiger partial charge in [0.25, 0.3) is 0 Å². The molecule has 1 aromatic rings. The van der Waals surface area contributed by atoms with Gasteiger partial charge in [-0.05, 0) is 12.1 Å². The number of primary amides is 1. The lowest BCUT2D eigenvalue weighted by Crippen LogP contribution is -2.17. The van der Waals surface area contributed by atoms with Gasteiger partial charge in [0.1, 0.15) is 11.6 Å². The van der Waals surface area contributed by atoms with Gasteiger partial charge >= 0.3 is 0 Å². The van der Waals surface area contributed by atoms with E-state index in [1.807, 2.05) is 0 Å². The Bertz CT molecular complexity index is 548. The van der Waals surface area contributed by atoms with E-state index < -0.39 is 56.6 Å². The highest BCUT2D eigenvalue weighted by atomic mass is 32.2. The third kappa shape index (κ3) is 3.23. The third-order valence-electron chi connectivity index (χ3n) is 2.18. The molecule has 0 radical (unpaired) electrons. The van der Waals surface area contributed by atoms with Crippen molar-refractivity contribution in [3.8, 4) is 0 Å². The number of halogens is 2. The van der Waals surface area contributed by atoms with E-state index in [0.717, 1.165) is 0 Å². The maximum atomic E-state index is 13.5. The van der Waals surface area contributed by atoms with Crippen LogP contribution in [0.15, 0.2) is 17.0 Å². The summed E-state index contributed by atoms with van der Waals surface area (Å²) in [7, 11) is -3.95. The first-order chi connectivity index (χ1) is 8.27. The first-order valence-electron chi connectivity index (χ1n) is 4.87. The van der Waals surface area contributed by atoms with Gasteiger partial charge in [-0.1, -0.05) is 0 Å². The molecule has 0 aliphatic heterocycles. The summed E-state index contributed by atoms with van der Waals surface area (Å²) in [6, 6.07) is 1.21. The second-order valence-corrected chi connectivity index (χ2v) is 5.66. The molecule has 0 aliphatic carbocycles. The number of carbonyl (C=O) groups excluding carboxylic acids is 1. The first-order valence-corrected chi connectivity index (χ1v) is 6.53. The zero-order valence-corrected chi connectivity index (χ0v) is 10.0. The summed E-state index contributed by atoms with van der Waals surface area (Å²) in [6.45, 7) is -0.658. The quantitative estimate of drug-likeness (QED) is 0.777. The van der Waals surface area contributed by atoms with Gasteiger partial charge in [0, 0.05) is 5.56 Å². The van der Waals surface area contributed by atoms with Gasteiger partial charge in [-0.3, -0.25) is 4.79 Å². The van der Waals surface area contributed by atoms with Crippen LogP contribution in [0.25, 0.3) is 0 Å². The summed E-state index contributed by atoms with van der Waals surface area (Å²) < 4.78 is 49.9. The minimum Gasteiger partial charge on any atom is -0.395 e. The van der Waals surface area contributed by atoms with Crippen LogP contribution in [0.5, 0.6) is 0 Å². The molecular weight excluding hydrogens is 268 g/mol. The lowest BCUT2D eigenvalue weighted by Gasteiger charge is -2.07.